The van der Waals surface area contributed by atoms with Crippen LogP contribution in [-0.2, 0) is 4.79 Å². The normalized spacial score (nSPS) is 11.0. The largest absolute Gasteiger partial charge is 0.353 e. The molecule has 0 bridgehead atoms. The van der Waals surface area contributed by atoms with E-state index in [1.807, 2.05) is 26.0 Å². The standard InChI is InChI=1S/C16H23N5OS/c1-5-13(6-2)17-15(22)10-23-16-18-19-20-21(16)14-8-7-11(3)9-12(14)4/h7-9,13H,5-6,10H2,1-4H3,(H,17,22). The first-order valence-corrected chi connectivity index (χ1v) is 8.81. The molecule has 0 radical (unpaired) electrons. The van der Waals surface area contributed by atoms with Crippen LogP contribution in [0.25, 0.3) is 5.69 Å². The van der Waals surface area contributed by atoms with Crippen LogP contribution in [-0.4, -0.2) is 37.9 Å². The van der Waals surface area contributed by atoms with Crippen LogP contribution >= 0.6 is 11.8 Å². The number of aromatic nitrogens is 4. The van der Waals surface area contributed by atoms with E-state index in [0.717, 1.165) is 24.1 Å². The van der Waals surface area contributed by atoms with Gasteiger partial charge in [-0.25, -0.2) is 0 Å². The van der Waals surface area contributed by atoms with Gasteiger partial charge >= 0.3 is 0 Å². The van der Waals surface area contributed by atoms with Crippen molar-refractivity contribution in [2.45, 2.75) is 51.7 Å². The van der Waals surface area contributed by atoms with Gasteiger partial charge < -0.3 is 5.32 Å². The first kappa shape index (κ1) is 17.5. The molecule has 1 aromatic heterocycles. The van der Waals surface area contributed by atoms with Crippen molar-refractivity contribution in [1.29, 1.82) is 0 Å². The van der Waals surface area contributed by atoms with E-state index < -0.39 is 0 Å². The number of benzene rings is 1. The van der Waals surface area contributed by atoms with E-state index in [4.69, 9.17) is 0 Å². The lowest BCUT2D eigenvalue weighted by Crippen LogP contribution is -2.35. The number of hydrogen-bond acceptors (Lipinski definition) is 5. The van der Waals surface area contributed by atoms with Crippen molar-refractivity contribution in [3.05, 3.63) is 29.3 Å². The zero-order valence-electron chi connectivity index (χ0n) is 14.0. The number of nitrogens with zero attached hydrogens (tertiary/aromatic N) is 4. The molecule has 0 aliphatic carbocycles. The molecule has 6 nitrogen and oxygen atoms in total. The molecule has 1 amide bonds. The summed E-state index contributed by atoms with van der Waals surface area (Å²) in [5.74, 6) is 0.320. The number of tetrazole rings is 1. The van der Waals surface area contributed by atoms with Gasteiger partial charge in [-0.2, -0.15) is 4.68 Å². The van der Waals surface area contributed by atoms with E-state index in [2.05, 4.69) is 40.8 Å². The van der Waals surface area contributed by atoms with Gasteiger partial charge in [0.1, 0.15) is 0 Å². The topological polar surface area (TPSA) is 72.7 Å². The number of nitrogens with one attached hydrogen (secondary N) is 1. The van der Waals surface area contributed by atoms with Gasteiger partial charge in [-0.3, -0.25) is 4.79 Å². The minimum absolute atomic E-state index is 0.0129. The van der Waals surface area contributed by atoms with E-state index in [0.29, 0.717) is 10.9 Å². The Morgan fingerprint density at radius 1 is 1.30 bits per heavy atom. The zero-order chi connectivity index (χ0) is 16.8. The van der Waals surface area contributed by atoms with Gasteiger partial charge in [0.2, 0.25) is 11.1 Å². The van der Waals surface area contributed by atoms with Crippen LogP contribution < -0.4 is 5.32 Å². The monoisotopic (exact) mass is 333 g/mol. The molecule has 0 spiro atoms. The summed E-state index contributed by atoms with van der Waals surface area (Å²) in [6.07, 6.45) is 1.88. The highest BCUT2D eigenvalue weighted by Crippen LogP contribution is 2.21. The van der Waals surface area contributed by atoms with Crippen molar-refractivity contribution in [1.82, 2.24) is 25.5 Å². The molecule has 0 saturated carbocycles. The van der Waals surface area contributed by atoms with Crippen molar-refractivity contribution in [3.63, 3.8) is 0 Å². The lowest BCUT2D eigenvalue weighted by molar-refractivity contribution is -0.119. The molecule has 2 aromatic rings. The van der Waals surface area contributed by atoms with Gasteiger partial charge in [0, 0.05) is 6.04 Å². The van der Waals surface area contributed by atoms with Gasteiger partial charge in [0.05, 0.1) is 11.4 Å². The number of thioether (sulfide) groups is 1. The van der Waals surface area contributed by atoms with Crippen molar-refractivity contribution in [3.8, 4) is 5.69 Å². The maximum Gasteiger partial charge on any atom is 0.230 e. The maximum atomic E-state index is 12.0. The van der Waals surface area contributed by atoms with Crippen LogP contribution in [0, 0.1) is 13.8 Å². The summed E-state index contributed by atoms with van der Waals surface area (Å²) in [4.78, 5) is 12.0. The van der Waals surface area contributed by atoms with E-state index in [1.165, 1.54) is 17.3 Å². The molecule has 124 valence electrons. The highest BCUT2D eigenvalue weighted by molar-refractivity contribution is 7.99. The summed E-state index contributed by atoms with van der Waals surface area (Å²) >= 11 is 1.35. The third-order valence-corrected chi connectivity index (χ3v) is 4.62. The summed E-state index contributed by atoms with van der Waals surface area (Å²) < 4.78 is 1.68. The summed E-state index contributed by atoms with van der Waals surface area (Å²) in [5.41, 5.74) is 3.22. The summed E-state index contributed by atoms with van der Waals surface area (Å²) in [6, 6.07) is 6.34. The molecule has 0 aliphatic heterocycles. The number of carbonyl (C=O) groups excluding carboxylic acids is 1. The van der Waals surface area contributed by atoms with Gasteiger partial charge in [-0.1, -0.05) is 43.3 Å². The van der Waals surface area contributed by atoms with Crippen LogP contribution in [0.3, 0.4) is 0 Å². The number of hydrogen-bond donors (Lipinski definition) is 1. The first-order chi connectivity index (χ1) is 11.0. The Labute approximate surface area is 141 Å². The Bertz CT molecular complexity index is 666. The molecule has 23 heavy (non-hydrogen) atoms. The zero-order valence-corrected chi connectivity index (χ0v) is 14.9. The summed E-state index contributed by atoms with van der Waals surface area (Å²) in [6.45, 7) is 8.22. The van der Waals surface area contributed by atoms with Gasteiger partial charge in [-0.05, 0) is 48.7 Å². The number of rotatable bonds is 7. The molecular formula is C16H23N5OS. The Morgan fingerprint density at radius 3 is 2.70 bits per heavy atom. The Kier molecular flexibility index (Phi) is 6.15. The average molecular weight is 333 g/mol. The lowest BCUT2D eigenvalue weighted by atomic mass is 10.1. The SMILES string of the molecule is CCC(CC)NC(=O)CSc1nnnn1-c1ccc(C)cc1C. The fourth-order valence-electron chi connectivity index (χ4n) is 2.36. The molecule has 0 unspecified atom stereocenters. The number of carbonyl (C=O) groups is 1. The van der Waals surface area contributed by atoms with Crippen molar-refractivity contribution < 1.29 is 4.79 Å². The van der Waals surface area contributed by atoms with Gasteiger partial charge in [-0.15, -0.1) is 5.10 Å². The fourth-order valence-corrected chi connectivity index (χ4v) is 3.05. The molecule has 7 heteroatoms. The third kappa shape index (κ3) is 4.54. The van der Waals surface area contributed by atoms with E-state index in [-0.39, 0.29) is 11.9 Å². The minimum atomic E-state index is 0.0129. The Balaban J connectivity index is 2.05. The van der Waals surface area contributed by atoms with Crippen molar-refractivity contribution in [2.24, 2.45) is 0 Å². The second-order valence-corrected chi connectivity index (χ2v) is 6.48. The van der Waals surface area contributed by atoms with E-state index >= 15 is 0 Å². The van der Waals surface area contributed by atoms with Crippen LogP contribution in [0.2, 0.25) is 0 Å². The summed E-state index contributed by atoms with van der Waals surface area (Å²) in [7, 11) is 0. The molecule has 0 aliphatic rings. The summed E-state index contributed by atoms with van der Waals surface area (Å²) in [5, 5.41) is 15.5. The molecular weight excluding hydrogens is 310 g/mol. The van der Waals surface area contributed by atoms with Crippen LogP contribution in [0.15, 0.2) is 23.4 Å². The highest BCUT2D eigenvalue weighted by Gasteiger charge is 2.14. The minimum Gasteiger partial charge on any atom is -0.353 e. The van der Waals surface area contributed by atoms with Crippen LogP contribution in [0.1, 0.15) is 37.8 Å². The van der Waals surface area contributed by atoms with Gasteiger partial charge in [0.15, 0.2) is 0 Å². The quantitative estimate of drug-likeness (QED) is 0.789. The van der Waals surface area contributed by atoms with E-state index in [9.17, 15) is 4.79 Å². The molecule has 1 N–H and O–H groups in total. The van der Waals surface area contributed by atoms with Crippen LogP contribution in [0.4, 0.5) is 0 Å². The molecule has 1 heterocycles. The number of amides is 1. The second kappa shape index (κ2) is 8.10. The van der Waals surface area contributed by atoms with Crippen LogP contribution in [0.5, 0.6) is 0 Å². The molecule has 0 fully saturated rings. The molecule has 0 saturated heterocycles. The third-order valence-electron chi connectivity index (χ3n) is 3.70. The van der Waals surface area contributed by atoms with Crippen molar-refractivity contribution >= 4 is 17.7 Å². The molecule has 2 rings (SSSR count). The highest BCUT2D eigenvalue weighted by atomic mass is 32.2. The smallest absolute Gasteiger partial charge is 0.230 e. The maximum absolute atomic E-state index is 12.0. The average Bonchev–Trinajstić information content (AvgIpc) is 2.99. The van der Waals surface area contributed by atoms with E-state index in [1.54, 1.807) is 4.68 Å². The lowest BCUT2D eigenvalue weighted by Gasteiger charge is -2.14. The predicted molar refractivity (Wildman–Crippen MR) is 91.9 cm³/mol. The first-order valence-electron chi connectivity index (χ1n) is 7.83. The Hall–Kier alpha value is -1.89. The fraction of sp³-hybridized carbons (Fsp3) is 0.500. The molecule has 0 atom stereocenters. The predicted octanol–water partition coefficient (Wildman–Crippen LogP) is 2.68. The van der Waals surface area contributed by atoms with Crippen molar-refractivity contribution in [2.75, 3.05) is 5.75 Å². The molecule has 1 aromatic carbocycles. The Morgan fingerprint density at radius 2 is 2.04 bits per heavy atom. The van der Waals surface area contributed by atoms with Gasteiger partial charge in [0.25, 0.3) is 0 Å². The number of aryl methyl sites for hydroxylation is 2. The second-order valence-electron chi connectivity index (χ2n) is 5.53.